The molecule has 1 fully saturated rings. The maximum atomic E-state index is 12.9. The first kappa shape index (κ1) is 17.4. The fourth-order valence-corrected chi connectivity index (χ4v) is 3.03. The standard InChI is InChI=1S/C19H20FN3OS/c1-13-4-9-16(11-17(13)23-10-2-3-18(23)24)22-19(25)21-12-14-5-7-15(20)8-6-14/h4-9,11H,2-3,10,12H2,1H3,(H2,21,22,25). The molecule has 1 aliphatic rings. The van der Waals surface area contributed by atoms with Gasteiger partial charge in [0.25, 0.3) is 0 Å². The van der Waals surface area contributed by atoms with Gasteiger partial charge in [0.2, 0.25) is 5.91 Å². The minimum absolute atomic E-state index is 0.164. The van der Waals surface area contributed by atoms with Crippen LogP contribution in [0.3, 0.4) is 0 Å². The minimum Gasteiger partial charge on any atom is -0.358 e. The first-order chi connectivity index (χ1) is 12.0. The highest BCUT2D eigenvalue weighted by Crippen LogP contribution is 2.28. The number of amides is 1. The number of carbonyl (C=O) groups is 1. The summed E-state index contributed by atoms with van der Waals surface area (Å²) in [4.78, 5) is 13.8. The van der Waals surface area contributed by atoms with E-state index >= 15 is 0 Å². The smallest absolute Gasteiger partial charge is 0.227 e. The molecule has 1 aliphatic heterocycles. The largest absolute Gasteiger partial charge is 0.358 e. The zero-order valence-electron chi connectivity index (χ0n) is 14.0. The molecular weight excluding hydrogens is 337 g/mol. The van der Waals surface area contributed by atoms with Crippen molar-refractivity contribution in [2.24, 2.45) is 0 Å². The number of aryl methyl sites for hydroxylation is 1. The second-order valence-corrected chi connectivity index (χ2v) is 6.49. The van der Waals surface area contributed by atoms with Gasteiger partial charge in [0.1, 0.15) is 5.82 Å². The van der Waals surface area contributed by atoms with Gasteiger partial charge in [-0.05, 0) is 61.0 Å². The molecule has 3 rings (SSSR count). The van der Waals surface area contributed by atoms with E-state index in [0.717, 1.165) is 35.5 Å². The topological polar surface area (TPSA) is 44.4 Å². The molecule has 2 aromatic rings. The molecule has 130 valence electrons. The molecule has 2 aromatic carbocycles. The molecule has 1 heterocycles. The van der Waals surface area contributed by atoms with Crippen LogP contribution in [-0.2, 0) is 11.3 Å². The number of halogens is 1. The van der Waals surface area contributed by atoms with Crippen LogP contribution in [0.4, 0.5) is 15.8 Å². The van der Waals surface area contributed by atoms with E-state index in [-0.39, 0.29) is 11.7 Å². The summed E-state index contributed by atoms with van der Waals surface area (Å²) in [5, 5.41) is 6.71. The van der Waals surface area contributed by atoms with E-state index in [4.69, 9.17) is 12.2 Å². The summed E-state index contributed by atoms with van der Waals surface area (Å²) in [5.74, 6) is -0.0923. The number of nitrogens with zero attached hydrogens (tertiary/aromatic N) is 1. The highest BCUT2D eigenvalue weighted by Gasteiger charge is 2.23. The maximum absolute atomic E-state index is 12.9. The number of thiocarbonyl (C=S) groups is 1. The van der Waals surface area contributed by atoms with Gasteiger partial charge in [0, 0.05) is 30.9 Å². The van der Waals surface area contributed by atoms with Gasteiger partial charge in [-0.2, -0.15) is 0 Å². The van der Waals surface area contributed by atoms with Crippen LogP contribution in [0.25, 0.3) is 0 Å². The van der Waals surface area contributed by atoms with E-state index < -0.39 is 0 Å². The van der Waals surface area contributed by atoms with Gasteiger partial charge < -0.3 is 15.5 Å². The zero-order chi connectivity index (χ0) is 17.8. The van der Waals surface area contributed by atoms with Crippen LogP contribution < -0.4 is 15.5 Å². The van der Waals surface area contributed by atoms with Crippen LogP contribution in [0.1, 0.15) is 24.0 Å². The summed E-state index contributed by atoms with van der Waals surface area (Å²) in [7, 11) is 0. The van der Waals surface area contributed by atoms with E-state index in [1.807, 2.05) is 30.0 Å². The predicted octanol–water partition coefficient (Wildman–Crippen LogP) is 3.75. The minimum atomic E-state index is -0.256. The second-order valence-electron chi connectivity index (χ2n) is 6.08. The normalized spacial score (nSPS) is 13.8. The van der Waals surface area contributed by atoms with E-state index in [0.29, 0.717) is 18.1 Å². The lowest BCUT2D eigenvalue weighted by Gasteiger charge is -2.20. The van der Waals surface area contributed by atoms with Crippen molar-refractivity contribution in [1.29, 1.82) is 0 Å². The monoisotopic (exact) mass is 357 g/mol. The Morgan fingerprint density at radius 2 is 2.00 bits per heavy atom. The summed E-state index contributed by atoms with van der Waals surface area (Å²) < 4.78 is 12.9. The average Bonchev–Trinajstić information content (AvgIpc) is 3.02. The molecule has 0 unspecified atom stereocenters. The second kappa shape index (κ2) is 7.61. The molecule has 0 saturated carbocycles. The number of benzene rings is 2. The van der Waals surface area contributed by atoms with Crippen molar-refractivity contribution in [2.45, 2.75) is 26.3 Å². The van der Waals surface area contributed by atoms with Crippen molar-refractivity contribution in [2.75, 3.05) is 16.8 Å². The Morgan fingerprint density at radius 3 is 2.68 bits per heavy atom. The zero-order valence-corrected chi connectivity index (χ0v) is 14.8. The molecular formula is C19H20FN3OS. The van der Waals surface area contributed by atoms with Gasteiger partial charge in [0.15, 0.2) is 5.11 Å². The molecule has 0 spiro atoms. The lowest BCUT2D eigenvalue weighted by molar-refractivity contribution is -0.117. The SMILES string of the molecule is Cc1ccc(NC(=S)NCc2ccc(F)cc2)cc1N1CCCC1=O. The Morgan fingerprint density at radius 1 is 1.24 bits per heavy atom. The first-order valence-electron chi connectivity index (χ1n) is 8.23. The van der Waals surface area contributed by atoms with Crippen LogP contribution >= 0.6 is 12.2 Å². The number of rotatable bonds is 4. The van der Waals surface area contributed by atoms with Gasteiger partial charge in [-0.25, -0.2) is 4.39 Å². The fourth-order valence-electron chi connectivity index (χ4n) is 2.84. The van der Waals surface area contributed by atoms with Gasteiger partial charge >= 0.3 is 0 Å². The summed E-state index contributed by atoms with van der Waals surface area (Å²) in [5.41, 5.74) is 3.76. The third-order valence-corrected chi connectivity index (χ3v) is 4.44. The maximum Gasteiger partial charge on any atom is 0.227 e. The number of carbonyl (C=O) groups excluding carboxylic acids is 1. The van der Waals surface area contributed by atoms with Crippen LogP contribution in [-0.4, -0.2) is 17.6 Å². The molecule has 6 heteroatoms. The summed E-state index contributed by atoms with van der Waals surface area (Å²) in [6, 6.07) is 12.1. The van der Waals surface area contributed by atoms with E-state index in [2.05, 4.69) is 10.6 Å². The molecule has 0 radical (unpaired) electrons. The fraction of sp³-hybridized carbons (Fsp3) is 0.263. The molecule has 0 aromatic heterocycles. The van der Waals surface area contributed by atoms with Crippen molar-refractivity contribution in [3.63, 3.8) is 0 Å². The Balaban J connectivity index is 1.63. The predicted molar refractivity (Wildman–Crippen MR) is 102 cm³/mol. The highest BCUT2D eigenvalue weighted by molar-refractivity contribution is 7.80. The summed E-state index contributed by atoms with van der Waals surface area (Å²) in [6.07, 6.45) is 1.50. The number of hydrogen-bond acceptors (Lipinski definition) is 2. The van der Waals surface area contributed by atoms with Gasteiger partial charge in [-0.15, -0.1) is 0 Å². The quantitative estimate of drug-likeness (QED) is 0.818. The van der Waals surface area contributed by atoms with Crippen LogP contribution in [0, 0.1) is 12.7 Å². The summed E-state index contributed by atoms with van der Waals surface area (Å²) >= 11 is 5.32. The molecule has 2 N–H and O–H groups in total. The Hall–Kier alpha value is -2.47. The van der Waals surface area contributed by atoms with Crippen molar-refractivity contribution in [3.05, 3.63) is 59.4 Å². The van der Waals surface area contributed by atoms with Crippen molar-refractivity contribution >= 4 is 34.6 Å². The Bertz CT molecular complexity index is 792. The lowest BCUT2D eigenvalue weighted by Crippen LogP contribution is -2.28. The molecule has 0 bridgehead atoms. The summed E-state index contributed by atoms with van der Waals surface area (Å²) in [6.45, 7) is 3.27. The molecule has 25 heavy (non-hydrogen) atoms. The Kier molecular flexibility index (Phi) is 5.28. The lowest BCUT2D eigenvalue weighted by atomic mass is 10.1. The van der Waals surface area contributed by atoms with Gasteiger partial charge in [-0.3, -0.25) is 4.79 Å². The number of nitrogens with one attached hydrogen (secondary N) is 2. The molecule has 0 aliphatic carbocycles. The molecule has 1 saturated heterocycles. The number of anilines is 2. The van der Waals surface area contributed by atoms with Crippen LogP contribution in [0.2, 0.25) is 0 Å². The third-order valence-electron chi connectivity index (χ3n) is 4.20. The molecule has 4 nitrogen and oxygen atoms in total. The highest BCUT2D eigenvalue weighted by atomic mass is 32.1. The van der Waals surface area contributed by atoms with E-state index in [9.17, 15) is 9.18 Å². The van der Waals surface area contributed by atoms with E-state index in [1.54, 1.807) is 12.1 Å². The van der Waals surface area contributed by atoms with Crippen molar-refractivity contribution in [1.82, 2.24) is 5.32 Å². The average molecular weight is 357 g/mol. The van der Waals surface area contributed by atoms with Crippen molar-refractivity contribution < 1.29 is 9.18 Å². The third kappa shape index (κ3) is 4.33. The van der Waals surface area contributed by atoms with Crippen LogP contribution in [0.15, 0.2) is 42.5 Å². The molecule has 0 atom stereocenters. The first-order valence-corrected chi connectivity index (χ1v) is 8.64. The number of hydrogen-bond donors (Lipinski definition) is 2. The Labute approximate surface area is 152 Å². The van der Waals surface area contributed by atoms with Gasteiger partial charge in [-0.1, -0.05) is 18.2 Å². The molecule has 1 amide bonds. The van der Waals surface area contributed by atoms with E-state index in [1.165, 1.54) is 12.1 Å². The van der Waals surface area contributed by atoms with Gasteiger partial charge in [0.05, 0.1) is 0 Å². The van der Waals surface area contributed by atoms with Crippen molar-refractivity contribution in [3.8, 4) is 0 Å². The van der Waals surface area contributed by atoms with Crippen LogP contribution in [0.5, 0.6) is 0 Å².